The van der Waals surface area contributed by atoms with E-state index in [4.69, 9.17) is 27.9 Å². The zero-order valence-electron chi connectivity index (χ0n) is 10.5. The lowest BCUT2D eigenvalue weighted by atomic mass is 10.1. The highest BCUT2D eigenvalue weighted by Gasteiger charge is 2.10. The van der Waals surface area contributed by atoms with Crippen LogP contribution in [-0.4, -0.2) is 12.4 Å². The van der Waals surface area contributed by atoms with Crippen molar-refractivity contribution >= 4 is 40.3 Å². The number of carbonyl (C=O) groups is 1. The van der Waals surface area contributed by atoms with Crippen LogP contribution in [0, 0.1) is 13.8 Å². The Hall–Kier alpha value is -1.03. The van der Waals surface area contributed by atoms with E-state index >= 15 is 0 Å². The number of carbonyl (C=O) groups excluding carboxylic acids is 1. The van der Waals surface area contributed by atoms with E-state index in [1.54, 1.807) is 12.1 Å². The number of ketones is 1. The van der Waals surface area contributed by atoms with Gasteiger partial charge in [-0.25, -0.2) is 0 Å². The fourth-order valence-electron chi connectivity index (χ4n) is 1.67. The maximum Gasteiger partial charge on any atom is 0.210 e. The quantitative estimate of drug-likeness (QED) is 0.748. The van der Waals surface area contributed by atoms with E-state index in [-0.39, 0.29) is 12.4 Å². The molecule has 1 aromatic carbocycles. The van der Waals surface area contributed by atoms with Crippen LogP contribution in [0.1, 0.15) is 20.8 Å². The number of ether oxygens (including phenoxy) is 1. The van der Waals surface area contributed by atoms with Gasteiger partial charge in [0, 0.05) is 5.02 Å². The van der Waals surface area contributed by atoms with Gasteiger partial charge >= 0.3 is 0 Å². The van der Waals surface area contributed by atoms with Gasteiger partial charge in [0.25, 0.3) is 0 Å². The molecule has 19 heavy (non-hydrogen) atoms. The number of benzene rings is 1. The van der Waals surface area contributed by atoms with Crippen molar-refractivity contribution in [3.63, 3.8) is 0 Å². The highest BCUT2D eigenvalue weighted by molar-refractivity contribution is 7.18. The molecule has 2 nitrogen and oxygen atoms in total. The fourth-order valence-corrected chi connectivity index (χ4v) is 2.75. The molecule has 0 fully saturated rings. The molecule has 2 rings (SSSR count). The third-order valence-corrected chi connectivity index (χ3v) is 4.50. The van der Waals surface area contributed by atoms with E-state index in [0.717, 1.165) is 16.1 Å². The topological polar surface area (TPSA) is 26.3 Å². The molecule has 0 amide bonds. The lowest BCUT2D eigenvalue weighted by molar-refractivity contribution is 0.0925. The van der Waals surface area contributed by atoms with Crippen LogP contribution in [0.25, 0.3) is 0 Å². The van der Waals surface area contributed by atoms with Crippen molar-refractivity contribution in [3.05, 3.63) is 49.6 Å². The molecule has 0 saturated carbocycles. The minimum absolute atomic E-state index is 0.00262. The molecular weight excluding hydrogens is 303 g/mol. The summed E-state index contributed by atoms with van der Waals surface area (Å²) in [6, 6.07) is 7.06. The van der Waals surface area contributed by atoms with Crippen LogP contribution in [0.3, 0.4) is 0 Å². The van der Waals surface area contributed by atoms with Crippen molar-refractivity contribution in [2.75, 3.05) is 6.61 Å². The molecule has 2 aromatic rings. The second kappa shape index (κ2) is 5.95. The average Bonchev–Trinajstić information content (AvgIpc) is 2.79. The summed E-state index contributed by atoms with van der Waals surface area (Å²) < 4.78 is 6.10. The monoisotopic (exact) mass is 314 g/mol. The number of thiophene rings is 1. The van der Waals surface area contributed by atoms with Gasteiger partial charge in [0.1, 0.15) is 5.75 Å². The molecule has 0 bridgehead atoms. The van der Waals surface area contributed by atoms with Crippen LogP contribution in [0.2, 0.25) is 9.36 Å². The van der Waals surface area contributed by atoms with Gasteiger partial charge in [-0.3, -0.25) is 4.79 Å². The summed E-state index contributed by atoms with van der Waals surface area (Å²) in [5, 5.41) is 0.726. The number of halogens is 2. The van der Waals surface area contributed by atoms with Crippen LogP contribution in [0.5, 0.6) is 5.75 Å². The summed E-state index contributed by atoms with van der Waals surface area (Å²) >= 11 is 13.1. The molecule has 0 N–H and O–H groups in total. The normalized spacial score (nSPS) is 10.5. The van der Waals surface area contributed by atoms with Gasteiger partial charge in [0.15, 0.2) is 6.61 Å². The lowest BCUT2D eigenvalue weighted by Gasteiger charge is -2.09. The molecule has 100 valence electrons. The Morgan fingerprint density at radius 1 is 1.21 bits per heavy atom. The van der Waals surface area contributed by atoms with Crippen molar-refractivity contribution in [2.24, 2.45) is 0 Å². The summed E-state index contributed by atoms with van der Waals surface area (Å²) in [4.78, 5) is 12.5. The van der Waals surface area contributed by atoms with Crippen molar-refractivity contribution in [3.8, 4) is 5.75 Å². The molecular formula is C14H12Cl2O2S. The van der Waals surface area contributed by atoms with Crippen molar-refractivity contribution in [2.45, 2.75) is 13.8 Å². The highest BCUT2D eigenvalue weighted by Crippen LogP contribution is 2.26. The van der Waals surface area contributed by atoms with E-state index < -0.39 is 0 Å². The van der Waals surface area contributed by atoms with E-state index in [1.807, 2.05) is 26.0 Å². The molecule has 0 aliphatic rings. The van der Waals surface area contributed by atoms with Crippen LogP contribution < -0.4 is 4.74 Å². The molecule has 0 atom stereocenters. The standard InChI is InChI=1S/C14H12Cl2O2S/c1-8-5-10(6-9(2)14(8)16)18-7-11(17)12-3-4-13(15)19-12/h3-6H,7H2,1-2H3. The number of hydrogen-bond acceptors (Lipinski definition) is 3. The van der Waals surface area contributed by atoms with E-state index in [2.05, 4.69) is 0 Å². The van der Waals surface area contributed by atoms with E-state index in [0.29, 0.717) is 15.0 Å². The predicted molar refractivity (Wildman–Crippen MR) is 80.1 cm³/mol. The summed E-state index contributed by atoms with van der Waals surface area (Å²) in [5.41, 5.74) is 1.87. The molecule has 0 spiro atoms. The van der Waals surface area contributed by atoms with Crippen molar-refractivity contribution in [1.82, 2.24) is 0 Å². The largest absolute Gasteiger partial charge is 0.485 e. The summed E-state index contributed by atoms with van der Waals surface area (Å²) in [7, 11) is 0. The average molecular weight is 315 g/mol. The molecule has 5 heteroatoms. The van der Waals surface area contributed by atoms with Gasteiger partial charge in [-0.05, 0) is 49.2 Å². The first-order valence-corrected chi connectivity index (χ1v) is 7.22. The highest BCUT2D eigenvalue weighted by atomic mass is 35.5. The summed E-state index contributed by atoms with van der Waals surface area (Å²) in [6.45, 7) is 3.81. The number of hydrogen-bond donors (Lipinski definition) is 0. The first kappa shape index (κ1) is 14.4. The lowest BCUT2D eigenvalue weighted by Crippen LogP contribution is -2.10. The summed E-state index contributed by atoms with van der Waals surface area (Å²) in [6.07, 6.45) is 0. The minimum atomic E-state index is -0.0813. The second-order valence-corrected chi connectivity index (χ2v) is 6.28. The minimum Gasteiger partial charge on any atom is -0.485 e. The van der Waals surface area contributed by atoms with Gasteiger partial charge < -0.3 is 4.74 Å². The molecule has 1 aromatic heterocycles. The van der Waals surface area contributed by atoms with Crippen LogP contribution in [0.15, 0.2) is 24.3 Å². The Kier molecular flexibility index (Phi) is 4.50. The first-order chi connectivity index (χ1) is 8.97. The summed E-state index contributed by atoms with van der Waals surface area (Å²) in [5.74, 6) is 0.567. The Morgan fingerprint density at radius 2 is 1.84 bits per heavy atom. The Labute approximate surface area is 125 Å². The maximum absolute atomic E-state index is 11.9. The third kappa shape index (κ3) is 3.50. The first-order valence-electron chi connectivity index (χ1n) is 5.65. The second-order valence-electron chi connectivity index (χ2n) is 4.19. The SMILES string of the molecule is Cc1cc(OCC(=O)c2ccc(Cl)s2)cc(C)c1Cl. The predicted octanol–water partition coefficient (Wildman–Crippen LogP) is 4.93. The van der Waals surface area contributed by atoms with Crippen LogP contribution >= 0.6 is 34.5 Å². The number of rotatable bonds is 4. The van der Waals surface area contributed by atoms with Crippen LogP contribution in [-0.2, 0) is 0 Å². The number of aryl methyl sites for hydroxylation is 2. The Morgan fingerprint density at radius 3 is 2.37 bits per heavy atom. The van der Waals surface area contributed by atoms with Gasteiger partial charge in [-0.15, -0.1) is 11.3 Å². The molecule has 0 unspecified atom stereocenters. The zero-order chi connectivity index (χ0) is 14.0. The van der Waals surface area contributed by atoms with Gasteiger partial charge in [-0.1, -0.05) is 23.2 Å². The van der Waals surface area contributed by atoms with Crippen LogP contribution in [0.4, 0.5) is 0 Å². The van der Waals surface area contributed by atoms with E-state index in [1.165, 1.54) is 11.3 Å². The van der Waals surface area contributed by atoms with Gasteiger partial charge in [-0.2, -0.15) is 0 Å². The smallest absolute Gasteiger partial charge is 0.210 e. The third-order valence-electron chi connectivity index (χ3n) is 2.63. The Balaban J connectivity index is 2.05. The van der Waals surface area contributed by atoms with Crippen molar-refractivity contribution < 1.29 is 9.53 Å². The van der Waals surface area contributed by atoms with Crippen molar-refractivity contribution in [1.29, 1.82) is 0 Å². The molecule has 0 aliphatic heterocycles. The molecule has 0 saturated heterocycles. The molecule has 0 aliphatic carbocycles. The van der Waals surface area contributed by atoms with Gasteiger partial charge in [0.2, 0.25) is 5.78 Å². The zero-order valence-corrected chi connectivity index (χ0v) is 12.8. The van der Waals surface area contributed by atoms with Gasteiger partial charge in [0.05, 0.1) is 9.21 Å². The maximum atomic E-state index is 11.9. The molecule has 0 radical (unpaired) electrons. The molecule has 1 heterocycles. The fraction of sp³-hybridized carbons (Fsp3) is 0.214. The number of Topliss-reactive ketones (excluding diaryl/α,β-unsaturated/α-hetero) is 1. The van der Waals surface area contributed by atoms with E-state index in [9.17, 15) is 4.79 Å². The Bertz CT molecular complexity index is 597.